The SMILES string of the molecule is CCC(=O)N(Cc1c(-c2ccccc2)noc1N1CCOCC1)C1CC1. The topological polar surface area (TPSA) is 58.8 Å². The normalized spacial score (nSPS) is 17.3. The van der Waals surface area contributed by atoms with E-state index in [4.69, 9.17) is 9.26 Å². The Morgan fingerprint density at radius 1 is 1.23 bits per heavy atom. The number of anilines is 1. The zero-order valence-electron chi connectivity index (χ0n) is 15.2. The summed E-state index contributed by atoms with van der Waals surface area (Å²) in [5, 5.41) is 4.38. The van der Waals surface area contributed by atoms with Gasteiger partial charge in [-0.15, -0.1) is 0 Å². The second kappa shape index (κ2) is 7.50. The van der Waals surface area contributed by atoms with Gasteiger partial charge in [-0.1, -0.05) is 42.4 Å². The summed E-state index contributed by atoms with van der Waals surface area (Å²) < 4.78 is 11.3. The van der Waals surface area contributed by atoms with Crippen molar-refractivity contribution in [3.63, 3.8) is 0 Å². The summed E-state index contributed by atoms with van der Waals surface area (Å²) >= 11 is 0. The Kier molecular flexibility index (Phi) is 4.93. The lowest BCUT2D eigenvalue weighted by atomic mass is 10.1. The number of morpholine rings is 1. The molecule has 1 aliphatic carbocycles. The number of hydrogen-bond donors (Lipinski definition) is 0. The maximum absolute atomic E-state index is 12.5. The van der Waals surface area contributed by atoms with Crippen LogP contribution in [-0.4, -0.2) is 48.3 Å². The van der Waals surface area contributed by atoms with Crippen LogP contribution in [0.4, 0.5) is 5.88 Å². The predicted octanol–water partition coefficient (Wildman–Crippen LogP) is 3.08. The van der Waals surface area contributed by atoms with E-state index in [1.807, 2.05) is 42.2 Å². The molecule has 1 amide bonds. The molecule has 0 unspecified atom stereocenters. The molecule has 2 fully saturated rings. The van der Waals surface area contributed by atoms with Gasteiger partial charge in [0, 0.05) is 31.1 Å². The third kappa shape index (κ3) is 3.46. The molecule has 0 atom stereocenters. The second-order valence-corrected chi connectivity index (χ2v) is 6.89. The van der Waals surface area contributed by atoms with E-state index < -0.39 is 0 Å². The number of carbonyl (C=O) groups excluding carboxylic acids is 1. The highest BCUT2D eigenvalue weighted by atomic mass is 16.5. The summed E-state index contributed by atoms with van der Waals surface area (Å²) in [5.41, 5.74) is 2.86. The molecule has 4 rings (SSSR count). The van der Waals surface area contributed by atoms with Crippen LogP contribution in [0.3, 0.4) is 0 Å². The average molecular weight is 355 g/mol. The number of carbonyl (C=O) groups is 1. The maximum Gasteiger partial charge on any atom is 0.233 e. The molecule has 6 heteroatoms. The summed E-state index contributed by atoms with van der Waals surface area (Å²) in [6, 6.07) is 10.4. The monoisotopic (exact) mass is 355 g/mol. The Balaban J connectivity index is 1.71. The maximum atomic E-state index is 12.5. The first-order valence-corrected chi connectivity index (χ1v) is 9.44. The van der Waals surface area contributed by atoms with E-state index in [0.717, 1.165) is 48.6 Å². The number of benzene rings is 1. The van der Waals surface area contributed by atoms with Gasteiger partial charge in [0.05, 0.1) is 25.3 Å². The number of rotatable bonds is 6. The van der Waals surface area contributed by atoms with Crippen molar-refractivity contribution in [3.8, 4) is 11.3 Å². The first-order valence-electron chi connectivity index (χ1n) is 9.44. The molecule has 2 aromatic rings. The lowest BCUT2D eigenvalue weighted by Gasteiger charge is -2.28. The molecule has 0 radical (unpaired) electrons. The Hall–Kier alpha value is -2.34. The molecular formula is C20H25N3O3. The fraction of sp³-hybridized carbons (Fsp3) is 0.500. The number of hydrogen-bond acceptors (Lipinski definition) is 5. The number of aromatic nitrogens is 1. The van der Waals surface area contributed by atoms with E-state index in [2.05, 4.69) is 10.1 Å². The van der Waals surface area contributed by atoms with Gasteiger partial charge < -0.3 is 19.1 Å². The van der Waals surface area contributed by atoms with Gasteiger partial charge in [-0.3, -0.25) is 4.79 Å². The quantitative estimate of drug-likeness (QED) is 0.797. The Labute approximate surface area is 153 Å². The molecule has 2 aliphatic rings. The lowest BCUT2D eigenvalue weighted by molar-refractivity contribution is -0.132. The predicted molar refractivity (Wildman–Crippen MR) is 98.8 cm³/mol. The minimum atomic E-state index is 0.195. The molecule has 6 nitrogen and oxygen atoms in total. The van der Waals surface area contributed by atoms with Crippen molar-refractivity contribution in [2.24, 2.45) is 0 Å². The summed E-state index contributed by atoms with van der Waals surface area (Å²) in [4.78, 5) is 16.7. The van der Waals surface area contributed by atoms with Crippen molar-refractivity contribution in [1.82, 2.24) is 10.1 Å². The highest BCUT2D eigenvalue weighted by Gasteiger charge is 2.34. The molecule has 26 heavy (non-hydrogen) atoms. The van der Waals surface area contributed by atoms with Crippen LogP contribution < -0.4 is 4.90 Å². The van der Waals surface area contributed by atoms with E-state index >= 15 is 0 Å². The fourth-order valence-electron chi connectivity index (χ4n) is 3.46. The zero-order chi connectivity index (χ0) is 17.9. The fourth-order valence-corrected chi connectivity index (χ4v) is 3.46. The number of ether oxygens (including phenoxy) is 1. The van der Waals surface area contributed by atoms with E-state index in [9.17, 15) is 4.79 Å². The lowest BCUT2D eigenvalue weighted by Crippen LogP contribution is -2.37. The van der Waals surface area contributed by atoms with Crippen molar-refractivity contribution < 1.29 is 14.1 Å². The van der Waals surface area contributed by atoms with Crippen LogP contribution in [-0.2, 0) is 16.1 Å². The molecule has 0 bridgehead atoms. The molecule has 1 saturated carbocycles. The Morgan fingerprint density at radius 2 is 1.96 bits per heavy atom. The van der Waals surface area contributed by atoms with Crippen molar-refractivity contribution >= 4 is 11.8 Å². The van der Waals surface area contributed by atoms with Crippen LogP contribution in [0.2, 0.25) is 0 Å². The summed E-state index contributed by atoms with van der Waals surface area (Å²) in [6.45, 7) is 5.40. The van der Waals surface area contributed by atoms with E-state index in [-0.39, 0.29) is 5.91 Å². The summed E-state index contributed by atoms with van der Waals surface area (Å²) in [7, 11) is 0. The number of nitrogens with zero attached hydrogens (tertiary/aromatic N) is 3. The minimum absolute atomic E-state index is 0.195. The molecule has 1 aromatic heterocycles. The summed E-state index contributed by atoms with van der Waals surface area (Å²) in [5.74, 6) is 0.974. The van der Waals surface area contributed by atoms with E-state index in [0.29, 0.717) is 32.2 Å². The molecule has 1 saturated heterocycles. The van der Waals surface area contributed by atoms with Crippen LogP contribution in [0.15, 0.2) is 34.9 Å². The highest BCUT2D eigenvalue weighted by Crippen LogP contribution is 2.36. The molecule has 0 N–H and O–H groups in total. The van der Waals surface area contributed by atoms with Gasteiger partial charge in [-0.25, -0.2) is 0 Å². The molecule has 0 spiro atoms. The molecule has 1 aromatic carbocycles. The van der Waals surface area contributed by atoms with E-state index in [1.165, 1.54) is 0 Å². The zero-order valence-corrected chi connectivity index (χ0v) is 15.2. The van der Waals surface area contributed by atoms with Crippen LogP contribution in [0.25, 0.3) is 11.3 Å². The van der Waals surface area contributed by atoms with Crippen LogP contribution in [0, 0.1) is 0 Å². The Morgan fingerprint density at radius 3 is 2.62 bits per heavy atom. The molecule has 2 heterocycles. The van der Waals surface area contributed by atoms with Crippen molar-refractivity contribution in [2.45, 2.75) is 38.8 Å². The first kappa shape index (κ1) is 17.1. The third-order valence-corrected chi connectivity index (χ3v) is 5.05. The van der Waals surface area contributed by atoms with E-state index in [1.54, 1.807) is 0 Å². The van der Waals surface area contributed by atoms with Gasteiger partial charge in [0.2, 0.25) is 11.8 Å². The smallest absolute Gasteiger partial charge is 0.233 e. The Bertz CT molecular complexity index is 749. The highest BCUT2D eigenvalue weighted by molar-refractivity contribution is 5.77. The van der Waals surface area contributed by atoms with Crippen molar-refractivity contribution in [3.05, 3.63) is 35.9 Å². The third-order valence-electron chi connectivity index (χ3n) is 5.05. The average Bonchev–Trinajstić information content (AvgIpc) is 3.46. The van der Waals surface area contributed by atoms with Gasteiger partial charge in [0.25, 0.3) is 0 Å². The minimum Gasteiger partial charge on any atom is -0.378 e. The van der Waals surface area contributed by atoms with Gasteiger partial charge in [-0.05, 0) is 12.8 Å². The van der Waals surface area contributed by atoms with Gasteiger partial charge in [-0.2, -0.15) is 0 Å². The van der Waals surface area contributed by atoms with Crippen LogP contribution in [0.1, 0.15) is 31.7 Å². The van der Waals surface area contributed by atoms with Crippen molar-refractivity contribution in [2.75, 3.05) is 31.2 Å². The van der Waals surface area contributed by atoms with Crippen LogP contribution >= 0.6 is 0 Å². The number of amides is 1. The molecule has 138 valence electrons. The molecular weight excluding hydrogens is 330 g/mol. The molecule has 1 aliphatic heterocycles. The van der Waals surface area contributed by atoms with Gasteiger partial charge in [0.15, 0.2) is 0 Å². The van der Waals surface area contributed by atoms with Gasteiger partial charge in [0.1, 0.15) is 5.69 Å². The standard InChI is InChI=1S/C20H25N3O3/c1-2-18(24)23(16-8-9-16)14-17-19(15-6-4-3-5-7-15)21-26-20(17)22-10-12-25-13-11-22/h3-7,16H,2,8-14H2,1H3. The summed E-state index contributed by atoms with van der Waals surface area (Å²) in [6.07, 6.45) is 2.70. The first-order chi connectivity index (χ1) is 12.8. The van der Waals surface area contributed by atoms with Crippen molar-refractivity contribution in [1.29, 1.82) is 0 Å². The van der Waals surface area contributed by atoms with Gasteiger partial charge >= 0.3 is 0 Å². The second-order valence-electron chi connectivity index (χ2n) is 6.89. The largest absolute Gasteiger partial charge is 0.378 e. The van der Waals surface area contributed by atoms with Crippen LogP contribution in [0.5, 0.6) is 0 Å².